The minimum atomic E-state index is -1.33. The molecular formula is C26H28F2N4O4. The van der Waals surface area contributed by atoms with Crippen molar-refractivity contribution in [2.24, 2.45) is 5.92 Å². The third-order valence-electron chi connectivity index (χ3n) is 7.42. The number of hydrogen-bond donors (Lipinski definition) is 1. The van der Waals surface area contributed by atoms with Gasteiger partial charge in [-0.05, 0) is 56.0 Å². The van der Waals surface area contributed by atoms with E-state index in [0.717, 1.165) is 31.0 Å². The Bertz CT molecular complexity index is 1150. The first-order valence-electron chi connectivity index (χ1n) is 12.3. The number of nitrogens with zero attached hydrogens (tertiary/aromatic N) is 3. The summed E-state index contributed by atoms with van der Waals surface area (Å²) in [4.78, 5) is 47.0. The second-order valence-electron chi connectivity index (χ2n) is 9.57. The van der Waals surface area contributed by atoms with E-state index in [0.29, 0.717) is 38.2 Å². The van der Waals surface area contributed by atoms with Crippen LogP contribution in [0.3, 0.4) is 0 Å². The minimum Gasteiger partial charge on any atom is -0.376 e. The molecule has 10 heteroatoms. The van der Waals surface area contributed by atoms with Gasteiger partial charge in [-0.3, -0.25) is 19.5 Å². The second kappa shape index (κ2) is 9.93. The van der Waals surface area contributed by atoms with Crippen molar-refractivity contribution in [3.8, 4) is 0 Å². The Morgan fingerprint density at radius 1 is 1.14 bits per heavy atom. The Morgan fingerprint density at radius 3 is 2.64 bits per heavy atom. The number of carbonyl (C=O) groups is 3. The molecular weight excluding hydrogens is 470 g/mol. The van der Waals surface area contributed by atoms with Crippen LogP contribution in [0, 0.1) is 17.6 Å². The van der Waals surface area contributed by atoms with Crippen LogP contribution in [0.25, 0.3) is 0 Å². The lowest BCUT2D eigenvalue weighted by Gasteiger charge is -2.40. The van der Waals surface area contributed by atoms with Crippen molar-refractivity contribution in [2.45, 2.75) is 43.7 Å². The lowest BCUT2D eigenvalue weighted by atomic mass is 9.75. The standard InChI is InChI=1S/C26H28F2N4O4/c27-19-6-7-21(28)17(14-19)15-23(33)31-11-8-18(9-12-31)26(22-5-1-2-10-29-22)24(34)32(25(35)30-26)16-20-4-3-13-36-20/h1-2,5-7,10,14,18,20H,3-4,8-9,11-13,15-16H2,(H,30,35)/t20-,26-/m1/s1. The normalized spacial score (nSPS) is 24.9. The van der Waals surface area contributed by atoms with E-state index in [2.05, 4.69) is 10.3 Å². The van der Waals surface area contributed by atoms with Gasteiger partial charge >= 0.3 is 6.03 Å². The first-order valence-corrected chi connectivity index (χ1v) is 12.3. The molecule has 4 heterocycles. The van der Waals surface area contributed by atoms with Crippen molar-refractivity contribution in [2.75, 3.05) is 26.2 Å². The fourth-order valence-corrected chi connectivity index (χ4v) is 5.52. The van der Waals surface area contributed by atoms with Gasteiger partial charge in [-0.1, -0.05) is 6.07 Å². The van der Waals surface area contributed by atoms with Crippen molar-refractivity contribution in [3.63, 3.8) is 0 Å². The highest BCUT2D eigenvalue weighted by Crippen LogP contribution is 2.41. The fourth-order valence-electron chi connectivity index (χ4n) is 5.52. The highest BCUT2D eigenvalue weighted by molar-refractivity contribution is 6.07. The van der Waals surface area contributed by atoms with Crippen molar-refractivity contribution in [1.29, 1.82) is 0 Å². The molecule has 0 bridgehead atoms. The maximum absolute atomic E-state index is 14.0. The van der Waals surface area contributed by atoms with Crippen LogP contribution in [0.2, 0.25) is 0 Å². The summed E-state index contributed by atoms with van der Waals surface area (Å²) < 4.78 is 33.2. The van der Waals surface area contributed by atoms with E-state index in [1.807, 2.05) is 0 Å². The average Bonchev–Trinajstić information content (AvgIpc) is 3.49. The zero-order valence-electron chi connectivity index (χ0n) is 19.8. The number of imide groups is 1. The molecule has 3 fully saturated rings. The number of piperidine rings is 1. The van der Waals surface area contributed by atoms with E-state index in [-0.39, 0.29) is 42.4 Å². The fraction of sp³-hybridized carbons (Fsp3) is 0.462. The molecule has 0 spiro atoms. The van der Waals surface area contributed by atoms with Gasteiger partial charge in [-0.25, -0.2) is 13.6 Å². The summed E-state index contributed by atoms with van der Waals surface area (Å²) in [6.45, 7) is 1.45. The summed E-state index contributed by atoms with van der Waals surface area (Å²) >= 11 is 0. The third kappa shape index (κ3) is 4.45. The number of ether oxygens (including phenoxy) is 1. The highest BCUT2D eigenvalue weighted by atomic mass is 19.1. The van der Waals surface area contributed by atoms with Gasteiger partial charge in [0.2, 0.25) is 5.91 Å². The number of pyridine rings is 1. The molecule has 4 amide bonds. The van der Waals surface area contributed by atoms with Gasteiger partial charge in [-0.15, -0.1) is 0 Å². The van der Waals surface area contributed by atoms with Gasteiger partial charge in [0, 0.05) is 37.4 Å². The zero-order chi connectivity index (χ0) is 25.3. The SMILES string of the molecule is O=C(Cc1cc(F)ccc1F)N1CCC([C@]2(c3ccccn3)NC(=O)N(C[C@H]3CCCO3)C2=O)CC1. The first kappa shape index (κ1) is 24.3. The Balaban J connectivity index is 1.33. The van der Waals surface area contributed by atoms with E-state index >= 15 is 0 Å². The Labute approximate surface area is 207 Å². The maximum atomic E-state index is 14.0. The van der Waals surface area contributed by atoms with Crippen LogP contribution >= 0.6 is 0 Å². The molecule has 2 atom stereocenters. The number of aromatic nitrogens is 1. The van der Waals surface area contributed by atoms with Gasteiger partial charge in [0.15, 0.2) is 5.54 Å². The van der Waals surface area contributed by atoms with Crippen LogP contribution in [-0.4, -0.2) is 65.0 Å². The van der Waals surface area contributed by atoms with Crippen LogP contribution in [0.15, 0.2) is 42.6 Å². The number of benzene rings is 1. The molecule has 8 nitrogen and oxygen atoms in total. The lowest BCUT2D eigenvalue weighted by molar-refractivity contribution is -0.137. The molecule has 5 rings (SSSR count). The second-order valence-corrected chi connectivity index (χ2v) is 9.57. The molecule has 3 aliphatic rings. The van der Waals surface area contributed by atoms with Crippen molar-refractivity contribution < 1.29 is 27.9 Å². The average molecular weight is 499 g/mol. The molecule has 3 aliphatic heterocycles. The highest BCUT2D eigenvalue weighted by Gasteiger charge is 2.58. The van der Waals surface area contributed by atoms with Gasteiger partial charge in [0.1, 0.15) is 11.6 Å². The van der Waals surface area contributed by atoms with Crippen molar-refractivity contribution in [3.05, 3.63) is 65.5 Å². The van der Waals surface area contributed by atoms with E-state index < -0.39 is 23.2 Å². The summed E-state index contributed by atoms with van der Waals surface area (Å²) in [6.07, 6.45) is 3.73. The van der Waals surface area contributed by atoms with Crippen LogP contribution < -0.4 is 5.32 Å². The summed E-state index contributed by atoms with van der Waals surface area (Å²) in [7, 11) is 0. The number of urea groups is 1. The molecule has 0 unspecified atom stereocenters. The van der Waals surface area contributed by atoms with E-state index in [9.17, 15) is 23.2 Å². The van der Waals surface area contributed by atoms with Gasteiger partial charge in [0.05, 0.1) is 24.8 Å². The maximum Gasteiger partial charge on any atom is 0.325 e. The van der Waals surface area contributed by atoms with Crippen LogP contribution in [-0.2, 0) is 26.3 Å². The largest absolute Gasteiger partial charge is 0.376 e. The molecule has 1 aromatic heterocycles. The monoisotopic (exact) mass is 498 g/mol. The molecule has 2 aromatic rings. The molecule has 0 radical (unpaired) electrons. The quantitative estimate of drug-likeness (QED) is 0.619. The van der Waals surface area contributed by atoms with Crippen molar-refractivity contribution in [1.82, 2.24) is 20.1 Å². The van der Waals surface area contributed by atoms with E-state index in [4.69, 9.17) is 4.74 Å². The number of carbonyl (C=O) groups excluding carboxylic acids is 3. The predicted molar refractivity (Wildman–Crippen MR) is 124 cm³/mol. The number of hydrogen-bond acceptors (Lipinski definition) is 5. The van der Waals surface area contributed by atoms with E-state index in [1.54, 1.807) is 29.3 Å². The van der Waals surface area contributed by atoms with Gasteiger partial charge < -0.3 is 15.0 Å². The van der Waals surface area contributed by atoms with E-state index in [1.165, 1.54) is 4.90 Å². The number of nitrogens with one attached hydrogen (secondary N) is 1. The molecule has 36 heavy (non-hydrogen) atoms. The van der Waals surface area contributed by atoms with Crippen LogP contribution in [0.5, 0.6) is 0 Å². The van der Waals surface area contributed by atoms with Gasteiger partial charge in [0.25, 0.3) is 5.91 Å². The summed E-state index contributed by atoms with van der Waals surface area (Å²) in [5.74, 6) is -2.19. The smallest absolute Gasteiger partial charge is 0.325 e. The molecule has 0 saturated carbocycles. The Kier molecular flexibility index (Phi) is 6.70. The summed E-state index contributed by atoms with van der Waals surface area (Å²) in [6, 6.07) is 7.84. The molecule has 1 aromatic carbocycles. The third-order valence-corrected chi connectivity index (χ3v) is 7.42. The number of likely N-dealkylation sites (tertiary alicyclic amines) is 1. The number of halogens is 2. The van der Waals surface area contributed by atoms with Gasteiger partial charge in [-0.2, -0.15) is 0 Å². The van der Waals surface area contributed by atoms with Crippen LogP contribution in [0.4, 0.5) is 13.6 Å². The Hall–Kier alpha value is -3.40. The summed E-state index contributed by atoms with van der Waals surface area (Å²) in [5.41, 5.74) is -0.860. The number of amides is 4. The van der Waals surface area contributed by atoms with Crippen LogP contribution in [0.1, 0.15) is 36.9 Å². The molecule has 1 N–H and O–H groups in total. The lowest BCUT2D eigenvalue weighted by Crippen LogP contribution is -2.55. The zero-order valence-corrected chi connectivity index (χ0v) is 19.8. The predicted octanol–water partition coefficient (Wildman–Crippen LogP) is 2.77. The Morgan fingerprint density at radius 2 is 1.94 bits per heavy atom. The summed E-state index contributed by atoms with van der Waals surface area (Å²) in [5, 5.41) is 2.95. The number of rotatable bonds is 6. The van der Waals surface area contributed by atoms with Crippen molar-refractivity contribution >= 4 is 17.8 Å². The minimum absolute atomic E-state index is 0.00934. The first-order chi connectivity index (χ1) is 17.4. The molecule has 190 valence electrons. The molecule has 3 saturated heterocycles. The molecule has 0 aliphatic carbocycles. The topological polar surface area (TPSA) is 91.8 Å².